The predicted octanol–water partition coefficient (Wildman–Crippen LogP) is 6.47. The molecular formula is C26H36N2O4. The average molecular weight is 441 g/mol. The lowest BCUT2D eigenvalue weighted by Crippen LogP contribution is -1.97. The summed E-state index contributed by atoms with van der Waals surface area (Å²) in [6.45, 7) is 5.63. The smallest absolute Gasteiger partial charge is 0.128 e. The Morgan fingerprint density at radius 2 is 1.09 bits per heavy atom. The lowest BCUT2D eigenvalue weighted by atomic mass is 10.2. The molecule has 6 nitrogen and oxygen atoms in total. The fourth-order valence-electron chi connectivity index (χ4n) is 3.07. The minimum Gasteiger partial charge on any atom is -0.507 e. The molecule has 32 heavy (non-hydrogen) atoms. The molecule has 0 spiro atoms. The molecule has 0 amide bonds. The first-order valence-corrected chi connectivity index (χ1v) is 11.6. The van der Waals surface area contributed by atoms with Gasteiger partial charge in [-0.05, 0) is 37.1 Å². The van der Waals surface area contributed by atoms with E-state index in [2.05, 4.69) is 24.1 Å². The third-order valence-electron chi connectivity index (χ3n) is 5.00. The van der Waals surface area contributed by atoms with E-state index in [0.717, 1.165) is 25.7 Å². The molecule has 0 fully saturated rings. The molecule has 0 saturated heterocycles. The monoisotopic (exact) mass is 440 g/mol. The molecule has 0 radical (unpaired) electrons. The number of rotatable bonds is 15. The lowest BCUT2D eigenvalue weighted by Gasteiger charge is -2.07. The van der Waals surface area contributed by atoms with Gasteiger partial charge in [0.2, 0.25) is 0 Å². The van der Waals surface area contributed by atoms with Crippen LogP contribution in [0, 0.1) is 0 Å². The highest BCUT2D eigenvalue weighted by Gasteiger charge is 2.03. The summed E-state index contributed by atoms with van der Waals surface area (Å²) in [4.78, 5) is 0. The van der Waals surface area contributed by atoms with E-state index in [9.17, 15) is 10.2 Å². The zero-order chi connectivity index (χ0) is 23.0. The second-order valence-electron chi connectivity index (χ2n) is 7.75. The van der Waals surface area contributed by atoms with Gasteiger partial charge < -0.3 is 19.7 Å². The Balaban J connectivity index is 1.83. The van der Waals surface area contributed by atoms with Gasteiger partial charge in [0.15, 0.2) is 0 Å². The summed E-state index contributed by atoms with van der Waals surface area (Å²) in [6.07, 6.45) is 12.0. The maximum absolute atomic E-state index is 10.2. The molecule has 2 N–H and O–H groups in total. The van der Waals surface area contributed by atoms with Crippen LogP contribution in [0.15, 0.2) is 46.6 Å². The Bertz CT molecular complexity index is 793. The van der Waals surface area contributed by atoms with Gasteiger partial charge in [0.1, 0.15) is 23.0 Å². The van der Waals surface area contributed by atoms with Gasteiger partial charge in [0, 0.05) is 23.3 Å². The second-order valence-corrected chi connectivity index (χ2v) is 7.75. The van der Waals surface area contributed by atoms with Crippen molar-refractivity contribution in [2.75, 3.05) is 13.2 Å². The molecule has 0 unspecified atom stereocenters. The Labute approximate surface area is 191 Å². The maximum Gasteiger partial charge on any atom is 0.128 e. The fraction of sp³-hybridized carbons (Fsp3) is 0.462. The molecule has 0 aromatic heterocycles. The minimum absolute atomic E-state index is 0.0818. The van der Waals surface area contributed by atoms with E-state index in [4.69, 9.17) is 9.47 Å². The summed E-state index contributed by atoms with van der Waals surface area (Å²) in [5.74, 6) is 1.44. The largest absolute Gasteiger partial charge is 0.507 e. The van der Waals surface area contributed by atoms with Gasteiger partial charge in [-0.2, -0.15) is 10.2 Å². The Hall–Kier alpha value is -3.02. The number of ether oxygens (including phenoxy) is 2. The molecule has 0 atom stereocenters. The van der Waals surface area contributed by atoms with Crippen LogP contribution in [0.1, 0.15) is 76.3 Å². The van der Waals surface area contributed by atoms with E-state index in [0.29, 0.717) is 35.8 Å². The normalized spacial score (nSPS) is 11.4. The minimum atomic E-state index is 0.0818. The lowest BCUT2D eigenvalue weighted by molar-refractivity contribution is 0.303. The van der Waals surface area contributed by atoms with Gasteiger partial charge in [0.05, 0.1) is 25.6 Å². The molecule has 0 bridgehead atoms. The molecule has 174 valence electrons. The Kier molecular flexibility index (Phi) is 11.7. The Morgan fingerprint density at radius 3 is 1.47 bits per heavy atom. The highest BCUT2D eigenvalue weighted by Crippen LogP contribution is 2.24. The van der Waals surface area contributed by atoms with Crippen molar-refractivity contribution in [1.82, 2.24) is 0 Å². The predicted molar refractivity (Wildman–Crippen MR) is 131 cm³/mol. The molecular weight excluding hydrogens is 404 g/mol. The molecule has 2 aromatic rings. The number of unbranched alkanes of at least 4 members (excludes halogenated alkanes) is 6. The van der Waals surface area contributed by atoms with Crippen molar-refractivity contribution in [1.29, 1.82) is 0 Å². The number of phenolic OH excluding ortho intramolecular Hbond substituents is 2. The number of benzene rings is 2. The van der Waals surface area contributed by atoms with Crippen LogP contribution in [0.25, 0.3) is 0 Å². The highest BCUT2D eigenvalue weighted by molar-refractivity contribution is 5.86. The fourth-order valence-corrected chi connectivity index (χ4v) is 3.07. The molecule has 0 aliphatic rings. The van der Waals surface area contributed by atoms with E-state index in [1.54, 1.807) is 36.4 Å². The number of hydrogen-bond acceptors (Lipinski definition) is 6. The molecule has 2 rings (SSSR count). The molecule has 6 heteroatoms. The van der Waals surface area contributed by atoms with Crippen LogP contribution in [0.2, 0.25) is 0 Å². The van der Waals surface area contributed by atoms with Gasteiger partial charge in [0.25, 0.3) is 0 Å². The van der Waals surface area contributed by atoms with Crippen molar-refractivity contribution >= 4 is 12.4 Å². The first kappa shape index (κ1) is 25.2. The van der Waals surface area contributed by atoms with Crippen LogP contribution in [0.3, 0.4) is 0 Å². The summed E-state index contributed by atoms with van der Waals surface area (Å²) < 4.78 is 11.3. The zero-order valence-corrected chi connectivity index (χ0v) is 19.3. The maximum atomic E-state index is 10.2. The van der Waals surface area contributed by atoms with Crippen molar-refractivity contribution in [2.45, 2.75) is 65.2 Å². The first-order valence-electron chi connectivity index (χ1n) is 11.6. The van der Waals surface area contributed by atoms with Crippen molar-refractivity contribution in [3.05, 3.63) is 47.5 Å². The van der Waals surface area contributed by atoms with Crippen molar-refractivity contribution < 1.29 is 19.7 Å². The standard InChI is InChI=1S/C26H36N2O4/c1-3-5-7-9-15-31-23-13-11-21(25(29)17-23)19-27-28-20-22-12-14-24(18-26(22)30)32-16-10-8-6-4-2/h11-14,17-20,29-30H,3-10,15-16H2,1-2H3/b27-19+,28-20+. The molecule has 0 aliphatic carbocycles. The molecule has 2 aromatic carbocycles. The summed E-state index contributed by atoms with van der Waals surface area (Å²) in [6, 6.07) is 10.2. The average Bonchev–Trinajstić information content (AvgIpc) is 2.78. The summed E-state index contributed by atoms with van der Waals surface area (Å²) in [7, 11) is 0. The third-order valence-corrected chi connectivity index (χ3v) is 5.00. The van der Waals surface area contributed by atoms with Crippen LogP contribution < -0.4 is 9.47 Å². The Morgan fingerprint density at radius 1 is 0.656 bits per heavy atom. The summed E-state index contributed by atoms with van der Waals surface area (Å²) in [5, 5.41) is 28.3. The van der Waals surface area contributed by atoms with Gasteiger partial charge in [-0.25, -0.2) is 0 Å². The van der Waals surface area contributed by atoms with Crippen LogP contribution in [0.5, 0.6) is 23.0 Å². The topological polar surface area (TPSA) is 83.6 Å². The van der Waals surface area contributed by atoms with Crippen molar-refractivity contribution in [2.24, 2.45) is 10.2 Å². The first-order chi connectivity index (χ1) is 15.6. The quantitative estimate of drug-likeness (QED) is 0.189. The van der Waals surface area contributed by atoms with E-state index in [-0.39, 0.29) is 11.5 Å². The van der Waals surface area contributed by atoms with Gasteiger partial charge in [-0.15, -0.1) is 0 Å². The van der Waals surface area contributed by atoms with Crippen LogP contribution in [-0.4, -0.2) is 35.9 Å². The van der Waals surface area contributed by atoms with E-state index in [1.165, 1.54) is 38.1 Å². The van der Waals surface area contributed by atoms with Gasteiger partial charge >= 0.3 is 0 Å². The van der Waals surface area contributed by atoms with E-state index < -0.39 is 0 Å². The summed E-state index contributed by atoms with van der Waals surface area (Å²) >= 11 is 0. The molecule has 0 saturated carbocycles. The van der Waals surface area contributed by atoms with Gasteiger partial charge in [-0.1, -0.05) is 52.4 Å². The SMILES string of the molecule is CCCCCCOc1ccc(/C=N/N=C/c2ccc(OCCCCCC)cc2O)c(O)c1. The number of nitrogens with zero attached hydrogens (tertiary/aromatic N) is 2. The van der Waals surface area contributed by atoms with Crippen LogP contribution in [0.4, 0.5) is 0 Å². The summed E-state index contributed by atoms with van der Waals surface area (Å²) in [5.41, 5.74) is 1.08. The zero-order valence-electron chi connectivity index (χ0n) is 19.3. The number of aromatic hydroxyl groups is 2. The number of phenols is 2. The van der Waals surface area contributed by atoms with Crippen LogP contribution >= 0.6 is 0 Å². The number of hydrogen-bond donors (Lipinski definition) is 2. The third kappa shape index (κ3) is 9.41. The molecule has 0 aliphatic heterocycles. The van der Waals surface area contributed by atoms with Crippen LogP contribution in [-0.2, 0) is 0 Å². The molecule has 0 heterocycles. The van der Waals surface area contributed by atoms with Gasteiger partial charge in [-0.3, -0.25) is 0 Å². The highest BCUT2D eigenvalue weighted by atomic mass is 16.5. The van der Waals surface area contributed by atoms with Crippen molar-refractivity contribution in [3.63, 3.8) is 0 Å². The van der Waals surface area contributed by atoms with Crippen molar-refractivity contribution in [3.8, 4) is 23.0 Å². The van der Waals surface area contributed by atoms with E-state index in [1.807, 2.05) is 0 Å². The van der Waals surface area contributed by atoms with E-state index >= 15 is 0 Å². The second kappa shape index (κ2) is 14.9.